The lowest BCUT2D eigenvalue weighted by atomic mass is 9.96. The molecular formula is C28H33FN6O. The number of aromatic hydroxyl groups is 1. The van der Waals surface area contributed by atoms with Crippen molar-refractivity contribution >= 4 is 10.9 Å². The molecule has 2 aliphatic heterocycles. The number of aromatic nitrogens is 4. The smallest absolute Gasteiger partial charge is 0.165 e. The summed E-state index contributed by atoms with van der Waals surface area (Å²) < 4.78 is 14.1. The average Bonchev–Trinajstić information content (AvgIpc) is 3.58. The first-order valence-corrected chi connectivity index (χ1v) is 12.9. The van der Waals surface area contributed by atoms with E-state index >= 15 is 0 Å². The fraction of sp³-hybridized carbons (Fsp3) is 0.429. The van der Waals surface area contributed by atoms with Gasteiger partial charge >= 0.3 is 0 Å². The number of imidazole rings is 1. The number of aromatic amines is 2. The van der Waals surface area contributed by atoms with E-state index in [1.807, 2.05) is 25.1 Å². The summed E-state index contributed by atoms with van der Waals surface area (Å²) in [5, 5.41) is 18.5. The molecule has 4 aromatic rings. The molecule has 0 amide bonds. The Morgan fingerprint density at radius 3 is 2.86 bits per heavy atom. The van der Waals surface area contributed by atoms with Crippen molar-refractivity contribution in [2.45, 2.75) is 58.2 Å². The topological polar surface area (TPSA) is 84.1 Å². The van der Waals surface area contributed by atoms with Crippen LogP contribution >= 0.6 is 0 Å². The van der Waals surface area contributed by atoms with Gasteiger partial charge in [0.05, 0.1) is 16.9 Å². The fourth-order valence-electron chi connectivity index (χ4n) is 5.89. The van der Waals surface area contributed by atoms with Crippen LogP contribution in [0.25, 0.3) is 33.5 Å². The molecular weight excluding hydrogens is 455 g/mol. The number of nitrogens with one attached hydrogen (secondary N) is 2. The number of fused-ring (bicyclic) bond motifs is 2. The first-order valence-electron chi connectivity index (χ1n) is 12.9. The Hall–Kier alpha value is -3.23. The van der Waals surface area contributed by atoms with Crippen LogP contribution in [0.5, 0.6) is 5.75 Å². The van der Waals surface area contributed by atoms with E-state index in [0.29, 0.717) is 18.5 Å². The van der Waals surface area contributed by atoms with E-state index in [1.165, 1.54) is 31.5 Å². The molecule has 0 spiro atoms. The largest absolute Gasteiger partial charge is 0.505 e. The maximum Gasteiger partial charge on any atom is 0.165 e. The van der Waals surface area contributed by atoms with Gasteiger partial charge in [0.2, 0.25) is 0 Å². The number of aryl methyl sites for hydroxylation is 1. The Morgan fingerprint density at radius 2 is 2.08 bits per heavy atom. The molecule has 4 heterocycles. The molecule has 8 heteroatoms. The zero-order valence-corrected chi connectivity index (χ0v) is 21.1. The van der Waals surface area contributed by atoms with Crippen LogP contribution in [-0.2, 0) is 19.4 Å². The van der Waals surface area contributed by atoms with Gasteiger partial charge in [0.15, 0.2) is 17.4 Å². The SMILES string of the molecule is CCc1cc(O)c(F)cc1-c1ccc2c(-c3nc4c([nH]3)CN(C)C(CN3CCC[C@@H]3C)C4)n[nH]c2c1. The van der Waals surface area contributed by atoms with Crippen LogP contribution in [0.2, 0.25) is 0 Å². The number of nitrogens with zero attached hydrogens (tertiary/aromatic N) is 4. The molecule has 2 aliphatic rings. The van der Waals surface area contributed by atoms with Crippen molar-refractivity contribution in [2.24, 2.45) is 0 Å². The molecule has 2 atom stereocenters. The Balaban J connectivity index is 1.29. The zero-order valence-electron chi connectivity index (χ0n) is 21.1. The van der Waals surface area contributed by atoms with Crippen molar-refractivity contribution in [1.29, 1.82) is 0 Å². The number of rotatable bonds is 5. The molecule has 3 N–H and O–H groups in total. The second-order valence-electron chi connectivity index (χ2n) is 10.4. The summed E-state index contributed by atoms with van der Waals surface area (Å²) in [4.78, 5) is 13.6. The minimum atomic E-state index is -0.615. The van der Waals surface area contributed by atoms with E-state index < -0.39 is 5.82 Å². The molecule has 0 aliphatic carbocycles. The highest BCUT2D eigenvalue weighted by atomic mass is 19.1. The normalized spacial score (nSPS) is 20.9. The number of hydrogen-bond donors (Lipinski definition) is 3. The third-order valence-corrected chi connectivity index (χ3v) is 8.11. The fourth-order valence-corrected chi connectivity index (χ4v) is 5.89. The number of H-pyrrole nitrogens is 2. The zero-order chi connectivity index (χ0) is 25.0. The molecule has 7 nitrogen and oxygen atoms in total. The minimum absolute atomic E-state index is 0.315. The summed E-state index contributed by atoms with van der Waals surface area (Å²) in [5.41, 5.74) is 6.52. The summed E-state index contributed by atoms with van der Waals surface area (Å²) in [6, 6.07) is 10.0. The summed E-state index contributed by atoms with van der Waals surface area (Å²) in [7, 11) is 2.21. The van der Waals surface area contributed by atoms with Gasteiger partial charge in [0.25, 0.3) is 0 Å². The molecule has 0 saturated carbocycles. The second kappa shape index (κ2) is 9.01. The van der Waals surface area contributed by atoms with Crippen LogP contribution in [0.4, 0.5) is 4.39 Å². The molecule has 0 bridgehead atoms. The summed E-state index contributed by atoms with van der Waals surface area (Å²) in [6.07, 6.45) is 4.22. The van der Waals surface area contributed by atoms with E-state index in [-0.39, 0.29) is 5.75 Å². The number of phenolic OH excluding ortho intramolecular Hbond substituents is 1. The quantitative estimate of drug-likeness (QED) is 0.373. The molecule has 6 rings (SSSR count). The standard InChI is InChI=1S/C28H33FN6O/c1-4-17-11-26(36)22(29)13-21(17)18-7-8-20-23(10-18)32-33-27(20)28-30-24-12-19(34(3)15-25(24)31-28)14-35-9-5-6-16(35)2/h7-8,10-11,13,16,19,36H,4-6,9,12,14-15H2,1-3H3,(H,30,31)(H,32,33)/t16-,19?/m0/s1. The van der Waals surface area contributed by atoms with Gasteiger partial charge in [-0.05, 0) is 80.7 Å². The van der Waals surface area contributed by atoms with E-state index in [9.17, 15) is 9.50 Å². The van der Waals surface area contributed by atoms with E-state index in [2.05, 4.69) is 39.0 Å². The van der Waals surface area contributed by atoms with E-state index in [0.717, 1.165) is 70.0 Å². The van der Waals surface area contributed by atoms with Crippen LogP contribution in [0.1, 0.15) is 43.6 Å². The first-order chi connectivity index (χ1) is 17.4. The van der Waals surface area contributed by atoms with E-state index in [4.69, 9.17) is 4.98 Å². The maximum absolute atomic E-state index is 14.1. The number of likely N-dealkylation sites (N-methyl/N-ethyl adjacent to an activating group) is 1. The summed E-state index contributed by atoms with van der Waals surface area (Å²) in [5.74, 6) is -0.145. The Morgan fingerprint density at radius 1 is 1.22 bits per heavy atom. The van der Waals surface area contributed by atoms with Gasteiger partial charge in [0.1, 0.15) is 5.69 Å². The number of hydrogen-bond acceptors (Lipinski definition) is 5. The van der Waals surface area contributed by atoms with Crippen LogP contribution in [0.15, 0.2) is 30.3 Å². The van der Waals surface area contributed by atoms with E-state index in [1.54, 1.807) is 0 Å². The summed E-state index contributed by atoms with van der Waals surface area (Å²) in [6.45, 7) is 7.47. The van der Waals surface area contributed by atoms with Crippen molar-refractivity contribution in [3.8, 4) is 28.4 Å². The van der Waals surface area contributed by atoms with Crippen molar-refractivity contribution < 1.29 is 9.50 Å². The summed E-state index contributed by atoms with van der Waals surface area (Å²) >= 11 is 0. The van der Waals surface area contributed by atoms with Gasteiger partial charge in [-0.1, -0.05) is 13.0 Å². The van der Waals surface area contributed by atoms with Gasteiger partial charge in [-0.2, -0.15) is 5.10 Å². The Kier molecular flexibility index (Phi) is 5.80. The first kappa shape index (κ1) is 23.2. The lowest BCUT2D eigenvalue weighted by Crippen LogP contribution is -2.46. The van der Waals surface area contributed by atoms with Crippen molar-refractivity contribution in [1.82, 2.24) is 30.0 Å². The molecule has 36 heavy (non-hydrogen) atoms. The maximum atomic E-state index is 14.1. The number of phenols is 1. The van der Waals surface area contributed by atoms with Gasteiger partial charge in [-0.15, -0.1) is 0 Å². The third kappa shape index (κ3) is 3.98. The van der Waals surface area contributed by atoms with Gasteiger partial charge in [-0.25, -0.2) is 9.37 Å². The van der Waals surface area contributed by atoms with Crippen LogP contribution in [0, 0.1) is 5.82 Å². The lowest BCUT2D eigenvalue weighted by Gasteiger charge is -2.35. The Bertz CT molecular complexity index is 1430. The third-order valence-electron chi connectivity index (χ3n) is 8.11. The minimum Gasteiger partial charge on any atom is -0.505 e. The highest BCUT2D eigenvalue weighted by Crippen LogP contribution is 2.34. The molecule has 1 saturated heterocycles. The van der Waals surface area contributed by atoms with Crippen LogP contribution in [-0.4, -0.2) is 67.3 Å². The predicted octanol–water partition coefficient (Wildman–Crippen LogP) is 4.87. The Labute approximate surface area is 210 Å². The van der Waals surface area contributed by atoms with Gasteiger partial charge < -0.3 is 10.1 Å². The average molecular weight is 489 g/mol. The monoisotopic (exact) mass is 488 g/mol. The van der Waals surface area contributed by atoms with Crippen LogP contribution in [0.3, 0.4) is 0 Å². The van der Waals surface area contributed by atoms with Crippen molar-refractivity contribution in [2.75, 3.05) is 20.1 Å². The number of halogens is 1. The molecule has 1 fully saturated rings. The lowest BCUT2D eigenvalue weighted by molar-refractivity contribution is 0.140. The predicted molar refractivity (Wildman–Crippen MR) is 139 cm³/mol. The van der Waals surface area contributed by atoms with Crippen LogP contribution < -0.4 is 0 Å². The van der Waals surface area contributed by atoms with Gasteiger partial charge in [-0.3, -0.25) is 14.9 Å². The number of benzene rings is 2. The van der Waals surface area contributed by atoms with Crippen molar-refractivity contribution in [3.05, 3.63) is 53.1 Å². The molecule has 1 unspecified atom stereocenters. The molecule has 0 radical (unpaired) electrons. The number of likely N-dealkylation sites (tertiary alicyclic amines) is 1. The highest BCUT2D eigenvalue weighted by molar-refractivity contribution is 5.94. The van der Waals surface area contributed by atoms with Crippen molar-refractivity contribution in [3.63, 3.8) is 0 Å². The molecule has 2 aromatic carbocycles. The van der Waals surface area contributed by atoms with Gasteiger partial charge in [0, 0.05) is 37.0 Å². The highest BCUT2D eigenvalue weighted by Gasteiger charge is 2.31. The molecule has 2 aromatic heterocycles. The second-order valence-corrected chi connectivity index (χ2v) is 10.4. The molecule has 188 valence electrons.